The molecule has 4 aromatic rings. The normalized spacial score (nSPS) is 22.1. The SMILES string of the molecule is Cc1nc(C(=O)NCc2ccc(Cl)c(Nc3nc4cc(C(=O)NC5CCC(C(F)(F)F)CC5)c(N5CC6CC6C5)cc4n3C)c2Cl)cs1. The Kier molecular flexibility index (Phi) is 8.74. The fourth-order valence-corrected chi connectivity index (χ4v) is 8.02. The summed E-state index contributed by atoms with van der Waals surface area (Å²) in [7, 11) is 1.85. The summed E-state index contributed by atoms with van der Waals surface area (Å²) in [6, 6.07) is 6.83. The van der Waals surface area contributed by atoms with E-state index in [1.165, 1.54) is 17.8 Å². The first kappa shape index (κ1) is 33.0. The number of anilines is 3. The minimum Gasteiger partial charge on any atom is -0.370 e. The predicted octanol–water partition coefficient (Wildman–Crippen LogP) is 7.63. The van der Waals surface area contributed by atoms with Crippen LogP contribution in [-0.2, 0) is 13.6 Å². The van der Waals surface area contributed by atoms with Gasteiger partial charge in [-0.3, -0.25) is 9.59 Å². The molecule has 9 nitrogen and oxygen atoms in total. The summed E-state index contributed by atoms with van der Waals surface area (Å²) in [5.74, 6) is -0.268. The van der Waals surface area contributed by atoms with Gasteiger partial charge in [-0.25, -0.2) is 9.97 Å². The molecule has 2 aromatic carbocycles. The second-order valence-corrected chi connectivity index (χ2v) is 14.9. The molecule has 0 spiro atoms. The van der Waals surface area contributed by atoms with Crippen LogP contribution in [0.4, 0.5) is 30.5 Å². The maximum absolute atomic E-state index is 13.7. The van der Waals surface area contributed by atoms with Gasteiger partial charge in [0.1, 0.15) is 5.69 Å². The highest BCUT2D eigenvalue weighted by Crippen LogP contribution is 2.47. The van der Waals surface area contributed by atoms with E-state index in [1.54, 1.807) is 23.6 Å². The number of nitrogens with one attached hydrogen (secondary N) is 3. The van der Waals surface area contributed by atoms with Crippen molar-refractivity contribution < 1.29 is 22.8 Å². The highest BCUT2D eigenvalue weighted by atomic mass is 35.5. The molecule has 3 aliphatic rings. The molecule has 1 saturated heterocycles. The largest absolute Gasteiger partial charge is 0.391 e. The average Bonchev–Trinajstić information content (AvgIpc) is 3.32. The van der Waals surface area contributed by atoms with Gasteiger partial charge in [0, 0.05) is 38.1 Å². The van der Waals surface area contributed by atoms with E-state index in [4.69, 9.17) is 28.2 Å². The zero-order valence-electron chi connectivity index (χ0n) is 26.3. The molecule has 0 radical (unpaired) electrons. The van der Waals surface area contributed by atoms with Crippen molar-refractivity contribution in [3.8, 4) is 0 Å². The molecule has 2 aliphatic carbocycles. The standard InChI is InChI=1S/C33H34Cl2F3N7O2S/c1-16-40-25(15-48-16)31(47)39-12-17-3-8-23(34)29(28(17)35)43-32-42-24-10-22(30(46)41-21-6-4-20(5-7-21)33(36,37)38)26(11-27(24)44(32)2)45-13-18-9-19(18)14-45/h3,8,10-11,15,18-21H,4-7,9,12-14H2,1-2H3,(H,39,47)(H,41,46)(H,42,43). The van der Waals surface area contributed by atoms with Gasteiger partial charge in [0.2, 0.25) is 5.95 Å². The van der Waals surface area contributed by atoms with E-state index in [0.29, 0.717) is 55.9 Å². The van der Waals surface area contributed by atoms with Gasteiger partial charge in [-0.1, -0.05) is 29.3 Å². The van der Waals surface area contributed by atoms with Gasteiger partial charge in [0.25, 0.3) is 11.8 Å². The summed E-state index contributed by atoms with van der Waals surface area (Å²) in [6.45, 7) is 3.69. The first-order chi connectivity index (χ1) is 22.9. The van der Waals surface area contributed by atoms with Gasteiger partial charge in [0.05, 0.1) is 48.9 Å². The van der Waals surface area contributed by atoms with Crippen molar-refractivity contribution in [1.29, 1.82) is 0 Å². The number of thiazole rings is 1. The van der Waals surface area contributed by atoms with Gasteiger partial charge in [-0.05, 0) is 74.6 Å². The van der Waals surface area contributed by atoms with Crippen molar-refractivity contribution in [2.45, 2.75) is 57.8 Å². The molecule has 2 aromatic heterocycles. The first-order valence-corrected chi connectivity index (χ1v) is 17.6. The van der Waals surface area contributed by atoms with Crippen LogP contribution in [0.5, 0.6) is 0 Å². The van der Waals surface area contributed by atoms with Crippen molar-refractivity contribution in [2.75, 3.05) is 23.3 Å². The Morgan fingerprint density at radius 3 is 2.44 bits per heavy atom. The van der Waals surface area contributed by atoms with Gasteiger partial charge < -0.3 is 25.4 Å². The number of amides is 2. The number of alkyl halides is 3. The number of aryl methyl sites for hydroxylation is 2. The smallest absolute Gasteiger partial charge is 0.370 e. The molecule has 7 rings (SSSR count). The number of aromatic nitrogens is 3. The molecule has 2 amide bonds. The monoisotopic (exact) mass is 719 g/mol. The van der Waals surface area contributed by atoms with Crippen LogP contribution >= 0.6 is 34.5 Å². The molecule has 2 atom stereocenters. The van der Waals surface area contributed by atoms with E-state index in [9.17, 15) is 22.8 Å². The second kappa shape index (κ2) is 12.7. The quantitative estimate of drug-likeness (QED) is 0.173. The number of carbonyl (C=O) groups excluding carboxylic acids is 2. The Morgan fingerprint density at radius 1 is 1.04 bits per heavy atom. The van der Waals surface area contributed by atoms with Crippen molar-refractivity contribution >= 4 is 74.7 Å². The van der Waals surface area contributed by atoms with E-state index in [-0.39, 0.29) is 50.1 Å². The summed E-state index contributed by atoms with van der Waals surface area (Å²) in [4.78, 5) is 37.5. The number of fused-ring (bicyclic) bond motifs is 2. The van der Waals surface area contributed by atoms with E-state index in [0.717, 1.165) is 29.3 Å². The third-order valence-electron chi connectivity index (χ3n) is 9.79. The molecule has 48 heavy (non-hydrogen) atoms. The van der Waals surface area contributed by atoms with Crippen molar-refractivity contribution in [3.05, 3.63) is 61.5 Å². The van der Waals surface area contributed by atoms with E-state index in [1.807, 2.05) is 24.6 Å². The zero-order valence-corrected chi connectivity index (χ0v) is 28.6. The molecule has 3 N–H and O–H groups in total. The number of rotatable bonds is 8. The van der Waals surface area contributed by atoms with Gasteiger partial charge in [-0.2, -0.15) is 13.2 Å². The predicted molar refractivity (Wildman–Crippen MR) is 182 cm³/mol. The summed E-state index contributed by atoms with van der Waals surface area (Å²) >= 11 is 14.8. The Bertz CT molecular complexity index is 1890. The molecule has 2 unspecified atom stereocenters. The Hall–Kier alpha value is -3.55. The van der Waals surface area contributed by atoms with E-state index >= 15 is 0 Å². The molecular formula is C33H34Cl2F3N7O2S. The molecule has 3 fully saturated rings. The van der Waals surface area contributed by atoms with Gasteiger partial charge in [0.15, 0.2) is 0 Å². The van der Waals surface area contributed by atoms with Crippen LogP contribution in [0.25, 0.3) is 11.0 Å². The summed E-state index contributed by atoms with van der Waals surface area (Å²) in [5, 5.41) is 12.3. The molecule has 15 heteroatoms. The Morgan fingerprint density at radius 2 is 1.77 bits per heavy atom. The fraction of sp³-hybridized carbons (Fsp3) is 0.455. The second-order valence-electron chi connectivity index (χ2n) is 13.0. The number of imidazole rings is 1. The van der Waals surface area contributed by atoms with Gasteiger partial charge >= 0.3 is 6.18 Å². The van der Waals surface area contributed by atoms with Gasteiger partial charge in [-0.15, -0.1) is 11.3 Å². The van der Waals surface area contributed by atoms with Crippen LogP contribution in [-0.4, -0.2) is 51.7 Å². The number of hydrogen-bond acceptors (Lipinski definition) is 7. The van der Waals surface area contributed by atoms with Crippen LogP contribution in [0.2, 0.25) is 10.0 Å². The summed E-state index contributed by atoms with van der Waals surface area (Å²) < 4.78 is 41.5. The third kappa shape index (κ3) is 6.56. The molecule has 1 aliphatic heterocycles. The highest BCUT2D eigenvalue weighted by molar-refractivity contribution is 7.09. The Labute approximate surface area is 289 Å². The molecule has 254 valence electrons. The maximum atomic E-state index is 13.7. The number of halogens is 5. The molecule has 2 saturated carbocycles. The summed E-state index contributed by atoms with van der Waals surface area (Å²) in [6.07, 6.45) is -2.43. The van der Waals surface area contributed by atoms with Crippen LogP contribution in [0.3, 0.4) is 0 Å². The fourth-order valence-electron chi connectivity index (χ4n) is 6.90. The lowest BCUT2D eigenvalue weighted by Crippen LogP contribution is -2.40. The van der Waals surface area contributed by atoms with Crippen LogP contribution in [0.15, 0.2) is 29.6 Å². The number of piperidine rings is 1. The van der Waals surface area contributed by atoms with Crippen LogP contribution in [0, 0.1) is 24.7 Å². The van der Waals surface area contributed by atoms with Crippen molar-refractivity contribution in [1.82, 2.24) is 25.2 Å². The topological polar surface area (TPSA) is 104 Å². The minimum atomic E-state index is -4.21. The number of nitrogens with zero attached hydrogens (tertiary/aromatic N) is 4. The lowest BCUT2D eigenvalue weighted by atomic mass is 9.85. The molecule has 3 heterocycles. The Balaban J connectivity index is 1.14. The first-order valence-electron chi connectivity index (χ1n) is 15.9. The molecule has 0 bridgehead atoms. The number of benzene rings is 2. The van der Waals surface area contributed by atoms with E-state index in [2.05, 4.69) is 25.8 Å². The van der Waals surface area contributed by atoms with Crippen molar-refractivity contribution in [3.63, 3.8) is 0 Å². The zero-order chi connectivity index (χ0) is 33.9. The third-order valence-corrected chi connectivity index (χ3v) is 11.3. The lowest BCUT2D eigenvalue weighted by molar-refractivity contribution is -0.182. The maximum Gasteiger partial charge on any atom is 0.391 e. The highest BCUT2D eigenvalue weighted by Gasteiger charge is 2.46. The van der Waals surface area contributed by atoms with Crippen LogP contribution in [0.1, 0.15) is 63.5 Å². The summed E-state index contributed by atoms with van der Waals surface area (Å²) in [5.41, 5.74) is 3.98. The minimum absolute atomic E-state index is 0.00920. The number of hydrogen-bond donors (Lipinski definition) is 3. The van der Waals surface area contributed by atoms with Crippen molar-refractivity contribution in [2.24, 2.45) is 24.8 Å². The lowest BCUT2D eigenvalue weighted by Gasteiger charge is -2.31. The van der Waals surface area contributed by atoms with Crippen LogP contribution < -0.4 is 20.9 Å². The number of carbonyl (C=O) groups is 2. The van der Waals surface area contributed by atoms with E-state index < -0.39 is 12.1 Å². The average molecular weight is 721 g/mol. The molecular weight excluding hydrogens is 686 g/mol.